The van der Waals surface area contributed by atoms with Gasteiger partial charge in [-0.25, -0.2) is 0 Å². The third-order valence-electron chi connectivity index (χ3n) is 2.80. The van der Waals surface area contributed by atoms with Gasteiger partial charge in [0.25, 0.3) is 0 Å². The highest BCUT2D eigenvalue weighted by atomic mass is 15.0. The van der Waals surface area contributed by atoms with E-state index in [1.165, 1.54) is 0 Å². The lowest BCUT2D eigenvalue weighted by atomic mass is 9.40. The average Bonchev–Trinajstić information content (AvgIpc) is 1.62. The van der Waals surface area contributed by atoms with Crippen LogP contribution in [0.5, 0.6) is 0 Å². The van der Waals surface area contributed by atoms with Crippen LogP contribution in [0.25, 0.3) is 0 Å². The van der Waals surface area contributed by atoms with Crippen LogP contribution in [-0.2, 0) is 0 Å². The number of nitrogens with zero attached hydrogens (tertiary/aromatic N) is 1. The summed E-state index contributed by atoms with van der Waals surface area (Å²) in [6, 6.07) is 2.36. The molecule has 0 aromatic rings. The largest absolute Gasteiger partial charge is 0.314 e. The summed E-state index contributed by atoms with van der Waals surface area (Å²) >= 11 is 0. The normalized spacial score (nSPS) is 52.9. The predicted molar refractivity (Wildman–Crippen MR) is 33.7 cm³/mol. The summed E-state index contributed by atoms with van der Waals surface area (Å²) in [5.41, 5.74) is 0.513. The number of nitrogens with one attached hydrogen (secondary N) is 1. The Morgan fingerprint density at radius 1 is 1.44 bits per heavy atom. The van der Waals surface area contributed by atoms with Crippen LogP contribution in [0.1, 0.15) is 19.3 Å². The topological polar surface area (TPSA) is 35.8 Å². The number of hydrogen-bond donors (Lipinski definition) is 1. The molecule has 0 radical (unpaired) electrons. The third-order valence-corrected chi connectivity index (χ3v) is 2.80. The first kappa shape index (κ1) is 5.25. The van der Waals surface area contributed by atoms with Crippen LogP contribution in [0.2, 0.25) is 0 Å². The van der Waals surface area contributed by atoms with E-state index in [-0.39, 0.29) is 5.41 Å². The van der Waals surface area contributed by atoms with Crippen molar-refractivity contribution in [1.29, 1.82) is 5.26 Å². The van der Waals surface area contributed by atoms with Crippen molar-refractivity contribution in [3.8, 4) is 6.07 Å². The zero-order valence-electron chi connectivity index (χ0n) is 5.57. The van der Waals surface area contributed by atoms with Crippen molar-refractivity contribution in [2.24, 2.45) is 5.41 Å². The van der Waals surface area contributed by atoms with Gasteiger partial charge in [-0.3, -0.25) is 0 Å². The van der Waals surface area contributed by atoms with Gasteiger partial charge in [0.2, 0.25) is 0 Å². The summed E-state index contributed by atoms with van der Waals surface area (Å²) in [7, 11) is 1.99. The van der Waals surface area contributed by atoms with E-state index in [0.717, 1.165) is 19.3 Å². The predicted octanol–water partition coefficient (Wildman–Crippen LogP) is 0.652. The van der Waals surface area contributed by atoms with E-state index in [1.807, 2.05) is 7.05 Å². The molecule has 2 heteroatoms. The van der Waals surface area contributed by atoms with Crippen LogP contribution in [0.4, 0.5) is 0 Å². The third kappa shape index (κ3) is 0.402. The fourth-order valence-electron chi connectivity index (χ4n) is 2.17. The fourth-order valence-corrected chi connectivity index (χ4v) is 2.17. The molecule has 0 unspecified atom stereocenters. The summed E-state index contributed by atoms with van der Waals surface area (Å²) in [6.07, 6.45) is 3.27. The van der Waals surface area contributed by atoms with Gasteiger partial charge in [0, 0.05) is 5.54 Å². The molecule has 0 heterocycles. The van der Waals surface area contributed by atoms with Crippen LogP contribution < -0.4 is 5.32 Å². The Morgan fingerprint density at radius 3 is 2.33 bits per heavy atom. The summed E-state index contributed by atoms with van der Waals surface area (Å²) < 4.78 is 0. The highest BCUT2D eigenvalue weighted by Crippen LogP contribution is 2.66. The lowest BCUT2D eigenvalue weighted by Crippen LogP contribution is -2.72. The summed E-state index contributed by atoms with van der Waals surface area (Å²) in [5, 5.41) is 11.9. The van der Waals surface area contributed by atoms with Crippen LogP contribution in [0.3, 0.4) is 0 Å². The Kier molecular flexibility index (Phi) is 0.668. The van der Waals surface area contributed by atoms with Crippen molar-refractivity contribution >= 4 is 0 Å². The van der Waals surface area contributed by atoms with Crippen molar-refractivity contribution in [2.45, 2.75) is 24.8 Å². The molecule has 0 aromatic heterocycles. The highest BCUT2D eigenvalue weighted by Gasteiger charge is 2.67. The Hall–Kier alpha value is -0.550. The molecule has 2 bridgehead atoms. The zero-order chi connectivity index (χ0) is 6.54. The Bertz CT molecular complexity index is 170. The van der Waals surface area contributed by atoms with E-state index < -0.39 is 0 Å². The van der Waals surface area contributed by atoms with Gasteiger partial charge in [-0.2, -0.15) is 5.26 Å². The van der Waals surface area contributed by atoms with Crippen molar-refractivity contribution in [3.05, 3.63) is 0 Å². The second-order valence-electron chi connectivity index (χ2n) is 3.45. The maximum atomic E-state index is 8.62. The van der Waals surface area contributed by atoms with Crippen molar-refractivity contribution in [3.63, 3.8) is 0 Å². The number of hydrogen-bond acceptors (Lipinski definition) is 2. The Morgan fingerprint density at radius 2 is 2.00 bits per heavy atom. The first-order valence-electron chi connectivity index (χ1n) is 3.34. The SMILES string of the molecule is CNC12CC(C#N)(C1)C2. The summed E-state index contributed by atoms with van der Waals surface area (Å²) in [4.78, 5) is 0. The molecule has 0 amide bonds. The molecule has 3 rings (SSSR count). The van der Waals surface area contributed by atoms with E-state index in [2.05, 4.69) is 11.4 Å². The second-order valence-corrected chi connectivity index (χ2v) is 3.45. The zero-order valence-corrected chi connectivity index (χ0v) is 5.57. The molecule has 3 saturated carbocycles. The molecule has 3 aliphatic rings. The van der Waals surface area contributed by atoms with Crippen LogP contribution in [0.15, 0.2) is 0 Å². The number of rotatable bonds is 1. The van der Waals surface area contributed by atoms with Crippen molar-refractivity contribution in [2.75, 3.05) is 7.05 Å². The van der Waals surface area contributed by atoms with Gasteiger partial charge in [0.15, 0.2) is 0 Å². The van der Waals surface area contributed by atoms with Crippen LogP contribution >= 0.6 is 0 Å². The van der Waals surface area contributed by atoms with Gasteiger partial charge in [0.05, 0.1) is 11.5 Å². The van der Waals surface area contributed by atoms with Gasteiger partial charge in [-0.1, -0.05) is 0 Å². The lowest BCUT2D eigenvalue weighted by Gasteiger charge is -2.67. The molecule has 48 valence electrons. The average molecular weight is 122 g/mol. The minimum absolute atomic E-state index is 0.114. The van der Waals surface area contributed by atoms with E-state index in [9.17, 15) is 0 Å². The van der Waals surface area contributed by atoms with Gasteiger partial charge in [0.1, 0.15) is 0 Å². The lowest BCUT2D eigenvalue weighted by molar-refractivity contribution is -0.105. The molecule has 0 aromatic carbocycles. The van der Waals surface area contributed by atoms with E-state index >= 15 is 0 Å². The van der Waals surface area contributed by atoms with Gasteiger partial charge < -0.3 is 5.32 Å². The molecule has 0 saturated heterocycles. The molecule has 0 aliphatic heterocycles. The van der Waals surface area contributed by atoms with E-state index in [0.29, 0.717) is 5.54 Å². The van der Waals surface area contributed by atoms with Gasteiger partial charge in [-0.15, -0.1) is 0 Å². The molecule has 3 aliphatic carbocycles. The highest BCUT2D eigenvalue weighted by molar-refractivity contribution is 5.30. The molecule has 2 nitrogen and oxygen atoms in total. The molecule has 9 heavy (non-hydrogen) atoms. The molecule has 0 spiro atoms. The number of nitriles is 1. The quantitative estimate of drug-likeness (QED) is 0.554. The molecular weight excluding hydrogens is 112 g/mol. The first-order valence-corrected chi connectivity index (χ1v) is 3.34. The van der Waals surface area contributed by atoms with Crippen LogP contribution in [0, 0.1) is 16.7 Å². The molecule has 0 atom stereocenters. The Balaban J connectivity index is 2.06. The fraction of sp³-hybridized carbons (Fsp3) is 0.857. The van der Waals surface area contributed by atoms with Gasteiger partial charge in [-0.05, 0) is 26.3 Å². The monoisotopic (exact) mass is 122 g/mol. The summed E-state index contributed by atoms with van der Waals surface area (Å²) in [6.45, 7) is 0. The molecule has 3 fully saturated rings. The minimum atomic E-state index is 0.114. The summed E-state index contributed by atoms with van der Waals surface area (Å²) in [5.74, 6) is 0. The molecule has 1 N–H and O–H groups in total. The van der Waals surface area contributed by atoms with E-state index in [1.54, 1.807) is 0 Å². The standard InChI is InChI=1S/C7H10N2/c1-9-7-2-6(3-7,4-7)5-8/h9H,2-4H2,1H3. The van der Waals surface area contributed by atoms with Gasteiger partial charge >= 0.3 is 0 Å². The van der Waals surface area contributed by atoms with Crippen molar-refractivity contribution in [1.82, 2.24) is 5.32 Å². The maximum absolute atomic E-state index is 8.62. The smallest absolute Gasteiger partial charge is 0.0691 e. The first-order chi connectivity index (χ1) is 4.24. The van der Waals surface area contributed by atoms with E-state index in [4.69, 9.17) is 5.26 Å². The Labute approximate surface area is 54.9 Å². The van der Waals surface area contributed by atoms with Crippen LogP contribution in [-0.4, -0.2) is 12.6 Å². The second kappa shape index (κ2) is 1.15. The maximum Gasteiger partial charge on any atom is 0.0691 e. The van der Waals surface area contributed by atoms with Crippen molar-refractivity contribution < 1.29 is 0 Å². The minimum Gasteiger partial charge on any atom is -0.314 e. The molecular formula is C7H10N2.